The van der Waals surface area contributed by atoms with Gasteiger partial charge in [0.15, 0.2) is 0 Å². The zero-order valence-electron chi connectivity index (χ0n) is 15.6. The first kappa shape index (κ1) is 19.6. The monoisotopic (exact) mass is 397 g/mol. The Kier molecular flexibility index (Phi) is 6.11. The van der Waals surface area contributed by atoms with Crippen molar-refractivity contribution in [1.29, 1.82) is 0 Å². The summed E-state index contributed by atoms with van der Waals surface area (Å²) < 4.78 is 6.67. The van der Waals surface area contributed by atoms with E-state index in [1.807, 2.05) is 44.2 Å². The van der Waals surface area contributed by atoms with Crippen LogP contribution in [0, 0.1) is 6.92 Å². The average Bonchev–Trinajstić information content (AvgIpc) is 2.67. The molecule has 0 unspecified atom stereocenters. The maximum atomic E-state index is 12.4. The molecule has 0 aliphatic rings. The molecule has 1 heterocycles. The van der Waals surface area contributed by atoms with Crippen LogP contribution in [-0.2, 0) is 11.3 Å². The number of amides is 1. The highest BCUT2D eigenvalue weighted by molar-refractivity contribution is 6.31. The number of rotatable bonds is 6. The van der Waals surface area contributed by atoms with Gasteiger partial charge in [0.2, 0.25) is 5.91 Å². The van der Waals surface area contributed by atoms with E-state index in [4.69, 9.17) is 16.3 Å². The molecule has 7 heteroatoms. The van der Waals surface area contributed by atoms with Gasteiger partial charge in [-0.3, -0.25) is 14.2 Å². The second kappa shape index (κ2) is 8.71. The third kappa shape index (κ3) is 4.78. The fraction of sp³-hybridized carbons (Fsp3) is 0.190. The van der Waals surface area contributed by atoms with Crippen LogP contribution in [-0.4, -0.2) is 22.1 Å². The molecule has 0 fully saturated rings. The molecule has 1 amide bonds. The number of nitrogens with zero attached hydrogens (tertiary/aromatic N) is 2. The second-order valence-corrected chi connectivity index (χ2v) is 6.64. The van der Waals surface area contributed by atoms with Gasteiger partial charge in [-0.15, -0.1) is 0 Å². The lowest BCUT2D eigenvalue weighted by Crippen LogP contribution is -2.27. The molecule has 0 bridgehead atoms. The lowest BCUT2D eigenvalue weighted by atomic mass is 10.1. The highest BCUT2D eigenvalue weighted by Crippen LogP contribution is 2.21. The topological polar surface area (TPSA) is 73.2 Å². The second-order valence-electron chi connectivity index (χ2n) is 6.21. The van der Waals surface area contributed by atoms with Crippen molar-refractivity contribution in [3.05, 3.63) is 75.8 Å². The van der Waals surface area contributed by atoms with Crippen LogP contribution in [0.25, 0.3) is 11.3 Å². The lowest BCUT2D eigenvalue weighted by Gasteiger charge is -2.10. The van der Waals surface area contributed by atoms with Gasteiger partial charge in [-0.2, -0.15) is 0 Å². The molecule has 0 atom stereocenters. The van der Waals surface area contributed by atoms with E-state index in [0.29, 0.717) is 23.0 Å². The van der Waals surface area contributed by atoms with Crippen LogP contribution in [0.5, 0.6) is 5.75 Å². The number of aryl methyl sites for hydroxylation is 1. The largest absolute Gasteiger partial charge is 0.494 e. The molecule has 6 nitrogen and oxygen atoms in total. The number of hydrogen-bond donors (Lipinski definition) is 1. The Morgan fingerprint density at radius 1 is 1.18 bits per heavy atom. The summed E-state index contributed by atoms with van der Waals surface area (Å²) in [6, 6.07) is 14.0. The van der Waals surface area contributed by atoms with Crippen LogP contribution in [0.3, 0.4) is 0 Å². The average molecular weight is 398 g/mol. The molecule has 28 heavy (non-hydrogen) atoms. The van der Waals surface area contributed by atoms with Crippen LogP contribution >= 0.6 is 11.6 Å². The summed E-state index contributed by atoms with van der Waals surface area (Å²) in [5, 5.41) is 3.29. The van der Waals surface area contributed by atoms with Crippen LogP contribution < -0.4 is 15.6 Å². The SMILES string of the molecule is CCOc1ccc(-c2cc(=O)n(CC(=O)Nc3cc(Cl)ccc3C)cn2)cc1. The third-order valence-electron chi connectivity index (χ3n) is 4.13. The molecule has 0 saturated heterocycles. The van der Waals surface area contributed by atoms with Crippen molar-refractivity contribution < 1.29 is 9.53 Å². The number of ether oxygens (including phenoxy) is 1. The van der Waals surface area contributed by atoms with Crippen molar-refractivity contribution >= 4 is 23.2 Å². The molecule has 1 aromatic heterocycles. The minimum Gasteiger partial charge on any atom is -0.494 e. The van der Waals surface area contributed by atoms with Gasteiger partial charge in [-0.1, -0.05) is 17.7 Å². The van der Waals surface area contributed by atoms with E-state index in [2.05, 4.69) is 10.3 Å². The van der Waals surface area contributed by atoms with Gasteiger partial charge in [0.05, 0.1) is 18.6 Å². The number of aromatic nitrogens is 2. The molecular formula is C21H20ClN3O3. The zero-order valence-corrected chi connectivity index (χ0v) is 16.4. The summed E-state index contributed by atoms with van der Waals surface area (Å²) in [7, 11) is 0. The van der Waals surface area contributed by atoms with Crippen molar-refractivity contribution in [2.24, 2.45) is 0 Å². The number of anilines is 1. The van der Waals surface area contributed by atoms with Crippen LogP contribution in [0.4, 0.5) is 5.69 Å². The highest BCUT2D eigenvalue weighted by Gasteiger charge is 2.09. The van der Waals surface area contributed by atoms with Crippen molar-refractivity contribution in [3.8, 4) is 17.0 Å². The fourth-order valence-corrected chi connectivity index (χ4v) is 2.84. The lowest BCUT2D eigenvalue weighted by molar-refractivity contribution is -0.116. The van der Waals surface area contributed by atoms with Gasteiger partial charge in [0.25, 0.3) is 5.56 Å². The molecule has 0 aliphatic carbocycles. The molecular weight excluding hydrogens is 378 g/mol. The van der Waals surface area contributed by atoms with E-state index >= 15 is 0 Å². The number of hydrogen-bond acceptors (Lipinski definition) is 4. The normalized spacial score (nSPS) is 10.5. The predicted octanol–water partition coefficient (Wildman–Crippen LogP) is 3.91. The fourth-order valence-electron chi connectivity index (χ4n) is 2.66. The smallest absolute Gasteiger partial charge is 0.254 e. The van der Waals surface area contributed by atoms with Gasteiger partial charge in [-0.05, 0) is 55.8 Å². The Labute approximate surface area is 167 Å². The molecule has 3 rings (SSSR count). The summed E-state index contributed by atoms with van der Waals surface area (Å²) in [4.78, 5) is 29.0. The van der Waals surface area contributed by atoms with Gasteiger partial charge in [-0.25, -0.2) is 4.98 Å². The van der Waals surface area contributed by atoms with Crippen molar-refractivity contribution in [3.63, 3.8) is 0 Å². The third-order valence-corrected chi connectivity index (χ3v) is 4.36. The number of halogens is 1. The van der Waals surface area contributed by atoms with Crippen LogP contribution in [0.2, 0.25) is 5.02 Å². The molecule has 3 aromatic rings. The van der Waals surface area contributed by atoms with Gasteiger partial charge in [0, 0.05) is 22.3 Å². The zero-order chi connectivity index (χ0) is 20.1. The standard InChI is InChI=1S/C21H20ClN3O3/c1-3-28-17-8-5-15(6-9-17)19-11-21(27)25(13-23-19)12-20(26)24-18-10-16(22)7-4-14(18)2/h4-11,13H,3,12H2,1-2H3,(H,24,26). The Hall–Kier alpha value is -3.12. The quantitative estimate of drug-likeness (QED) is 0.684. The van der Waals surface area contributed by atoms with Crippen molar-refractivity contribution in [2.45, 2.75) is 20.4 Å². The Morgan fingerprint density at radius 2 is 1.93 bits per heavy atom. The van der Waals surface area contributed by atoms with Crippen LogP contribution in [0.15, 0.2) is 59.7 Å². The minimum absolute atomic E-state index is 0.138. The van der Waals surface area contributed by atoms with Crippen LogP contribution in [0.1, 0.15) is 12.5 Å². The molecule has 0 saturated carbocycles. The van der Waals surface area contributed by atoms with E-state index in [-0.39, 0.29) is 18.0 Å². The summed E-state index contributed by atoms with van der Waals surface area (Å²) in [6.07, 6.45) is 1.37. The summed E-state index contributed by atoms with van der Waals surface area (Å²) in [5.74, 6) is 0.427. The van der Waals surface area contributed by atoms with Gasteiger partial charge >= 0.3 is 0 Å². The molecule has 0 spiro atoms. The van der Waals surface area contributed by atoms with Crippen molar-refractivity contribution in [2.75, 3.05) is 11.9 Å². The predicted molar refractivity (Wildman–Crippen MR) is 110 cm³/mol. The Bertz CT molecular complexity index is 1050. The maximum Gasteiger partial charge on any atom is 0.254 e. The maximum absolute atomic E-state index is 12.4. The molecule has 144 valence electrons. The molecule has 0 radical (unpaired) electrons. The first-order valence-corrected chi connectivity index (χ1v) is 9.20. The Morgan fingerprint density at radius 3 is 2.61 bits per heavy atom. The number of carbonyl (C=O) groups is 1. The van der Waals surface area contributed by atoms with Crippen molar-refractivity contribution in [1.82, 2.24) is 9.55 Å². The van der Waals surface area contributed by atoms with E-state index in [1.54, 1.807) is 12.1 Å². The number of carbonyl (C=O) groups excluding carboxylic acids is 1. The number of benzene rings is 2. The summed E-state index contributed by atoms with van der Waals surface area (Å²) in [5.41, 5.74) is 2.53. The van der Waals surface area contributed by atoms with Gasteiger partial charge < -0.3 is 10.1 Å². The summed E-state index contributed by atoms with van der Waals surface area (Å²) in [6.45, 7) is 4.23. The minimum atomic E-state index is -0.330. The first-order valence-electron chi connectivity index (χ1n) is 8.82. The first-order chi connectivity index (χ1) is 13.5. The molecule has 0 aliphatic heterocycles. The Balaban J connectivity index is 1.72. The van der Waals surface area contributed by atoms with E-state index in [0.717, 1.165) is 16.9 Å². The highest BCUT2D eigenvalue weighted by atomic mass is 35.5. The van der Waals surface area contributed by atoms with E-state index < -0.39 is 0 Å². The number of nitrogens with one attached hydrogen (secondary N) is 1. The molecule has 1 N–H and O–H groups in total. The van der Waals surface area contributed by atoms with Gasteiger partial charge in [0.1, 0.15) is 12.3 Å². The molecule has 2 aromatic carbocycles. The van der Waals surface area contributed by atoms with E-state index in [1.165, 1.54) is 17.0 Å². The summed E-state index contributed by atoms with van der Waals surface area (Å²) >= 11 is 5.96. The van der Waals surface area contributed by atoms with E-state index in [9.17, 15) is 9.59 Å².